The number of anilines is 1. The van der Waals surface area contributed by atoms with Crippen molar-refractivity contribution in [2.45, 2.75) is 6.04 Å². The Morgan fingerprint density at radius 2 is 1.61 bits per heavy atom. The standard InChI is InChI=1S/C20H23N5O2S/c21-28(26,27)15-19(18-8-3-6-16-5-1-2-7-17(16)18)24-11-13-25(14-12-24)20-22-9-4-10-23-20/h1-10,19H,11-15H2,(H2,21,26,27). The van der Waals surface area contributed by atoms with Crippen molar-refractivity contribution < 1.29 is 8.42 Å². The van der Waals surface area contributed by atoms with Gasteiger partial charge in [-0.1, -0.05) is 42.5 Å². The second kappa shape index (κ2) is 7.83. The maximum Gasteiger partial charge on any atom is 0.225 e. The van der Waals surface area contributed by atoms with Gasteiger partial charge in [0, 0.05) is 38.6 Å². The molecular formula is C20H23N5O2S. The van der Waals surface area contributed by atoms with E-state index in [2.05, 4.69) is 19.8 Å². The lowest BCUT2D eigenvalue weighted by atomic mass is 9.98. The maximum atomic E-state index is 12.0. The van der Waals surface area contributed by atoms with Crippen molar-refractivity contribution in [3.05, 3.63) is 66.5 Å². The topological polar surface area (TPSA) is 92.4 Å². The van der Waals surface area contributed by atoms with E-state index in [-0.39, 0.29) is 11.8 Å². The number of nitrogens with zero attached hydrogens (tertiary/aromatic N) is 4. The van der Waals surface area contributed by atoms with Crippen molar-refractivity contribution in [3.8, 4) is 0 Å². The van der Waals surface area contributed by atoms with E-state index in [0.29, 0.717) is 19.0 Å². The molecule has 0 spiro atoms. The van der Waals surface area contributed by atoms with E-state index in [1.54, 1.807) is 18.5 Å². The van der Waals surface area contributed by atoms with Crippen LogP contribution in [0.25, 0.3) is 10.8 Å². The Morgan fingerprint density at radius 1 is 0.929 bits per heavy atom. The van der Waals surface area contributed by atoms with Gasteiger partial charge in [0.25, 0.3) is 0 Å². The molecule has 2 aromatic carbocycles. The molecule has 0 bridgehead atoms. The van der Waals surface area contributed by atoms with Gasteiger partial charge in [-0.25, -0.2) is 23.5 Å². The number of primary sulfonamides is 1. The number of sulfonamides is 1. The highest BCUT2D eigenvalue weighted by Crippen LogP contribution is 2.30. The molecule has 1 unspecified atom stereocenters. The minimum atomic E-state index is -3.64. The van der Waals surface area contributed by atoms with Crippen LogP contribution in [0.5, 0.6) is 0 Å². The number of piperazine rings is 1. The Hall–Kier alpha value is -2.55. The average Bonchev–Trinajstić information content (AvgIpc) is 2.72. The quantitative estimate of drug-likeness (QED) is 0.706. The summed E-state index contributed by atoms with van der Waals surface area (Å²) >= 11 is 0. The number of hydrogen-bond donors (Lipinski definition) is 1. The largest absolute Gasteiger partial charge is 0.338 e. The molecule has 146 valence electrons. The summed E-state index contributed by atoms with van der Waals surface area (Å²) in [4.78, 5) is 12.9. The number of benzene rings is 2. The number of nitrogens with two attached hydrogens (primary N) is 1. The van der Waals surface area contributed by atoms with Gasteiger partial charge in [0.2, 0.25) is 16.0 Å². The fourth-order valence-corrected chi connectivity index (χ4v) is 4.67. The SMILES string of the molecule is NS(=O)(=O)CC(c1cccc2ccccc12)N1CCN(c2ncccn2)CC1. The van der Waals surface area contributed by atoms with Crippen LogP contribution in [0, 0.1) is 0 Å². The first kappa shape index (κ1) is 18.8. The molecule has 7 nitrogen and oxygen atoms in total. The zero-order valence-corrected chi connectivity index (χ0v) is 16.3. The van der Waals surface area contributed by atoms with Crippen LogP contribution < -0.4 is 10.0 Å². The smallest absolute Gasteiger partial charge is 0.225 e. The Morgan fingerprint density at radius 3 is 2.32 bits per heavy atom. The van der Waals surface area contributed by atoms with Crippen LogP contribution in [0.4, 0.5) is 5.95 Å². The van der Waals surface area contributed by atoms with E-state index in [1.165, 1.54) is 0 Å². The van der Waals surface area contributed by atoms with Crippen molar-refractivity contribution in [2.75, 3.05) is 36.8 Å². The molecule has 1 fully saturated rings. The molecule has 0 amide bonds. The highest BCUT2D eigenvalue weighted by atomic mass is 32.2. The van der Waals surface area contributed by atoms with Crippen LogP contribution in [-0.2, 0) is 10.0 Å². The second-order valence-electron chi connectivity index (χ2n) is 6.99. The average molecular weight is 398 g/mol. The van der Waals surface area contributed by atoms with Crippen molar-refractivity contribution in [1.29, 1.82) is 0 Å². The fourth-order valence-electron chi connectivity index (χ4n) is 3.84. The van der Waals surface area contributed by atoms with Gasteiger partial charge in [-0.05, 0) is 22.4 Å². The van der Waals surface area contributed by atoms with Gasteiger partial charge in [0.05, 0.1) is 11.8 Å². The molecule has 4 rings (SSSR count). The summed E-state index contributed by atoms with van der Waals surface area (Å²) in [5, 5.41) is 7.61. The molecule has 3 aromatic rings. The van der Waals surface area contributed by atoms with Gasteiger partial charge in [-0.15, -0.1) is 0 Å². The third-order valence-corrected chi connectivity index (χ3v) is 5.94. The zero-order chi connectivity index (χ0) is 19.6. The number of hydrogen-bond acceptors (Lipinski definition) is 6. The first-order valence-electron chi connectivity index (χ1n) is 9.25. The summed E-state index contributed by atoms with van der Waals surface area (Å²) in [6.07, 6.45) is 3.46. The second-order valence-corrected chi connectivity index (χ2v) is 8.64. The van der Waals surface area contributed by atoms with Crippen LogP contribution in [0.2, 0.25) is 0 Å². The third-order valence-electron chi connectivity index (χ3n) is 5.16. The van der Waals surface area contributed by atoms with E-state index < -0.39 is 10.0 Å². The van der Waals surface area contributed by atoms with Gasteiger partial charge in [0.15, 0.2) is 0 Å². The molecule has 1 aliphatic rings. The number of aromatic nitrogens is 2. The summed E-state index contributed by atoms with van der Waals surface area (Å²) in [6, 6.07) is 15.6. The highest BCUT2D eigenvalue weighted by Gasteiger charge is 2.29. The van der Waals surface area contributed by atoms with Crippen LogP contribution in [0.1, 0.15) is 11.6 Å². The van der Waals surface area contributed by atoms with Crippen molar-refractivity contribution in [2.24, 2.45) is 5.14 Å². The molecular weight excluding hydrogens is 374 g/mol. The number of fused-ring (bicyclic) bond motifs is 1. The first-order chi connectivity index (χ1) is 13.5. The molecule has 1 aromatic heterocycles. The predicted octanol–water partition coefficient (Wildman–Crippen LogP) is 1.78. The van der Waals surface area contributed by atoms with E-state index in [1.807, 2.05) is 42.5 Å². The lowest BCUT2D eigenvalue weighted by molar-refractivity contribution is 0.200. The predicted molar refractivity (Wildman–Crippen MR) is 110 cm³/mol. The lowest BCUT2D eigenvalue weighted by Crippen LogP contribution is -2.49. The molecule has 0 radical (unpaired) electrons. The van der Waals surface area contributed by atoms with Crippen molar-refractivity contribution in [1.82, 2.24) is 14.9 Å². The molecule has 1 atom stereocenters. The zero-order valence-electron chi connectivity index (χ0n) is 15.5. The molecule has 2 N–H and O–H groups in total. The van der Waals surface area contributed by atoms with Gasteiger partial charge in [-0.3, -0.25) is 4.90 Å². The van der Waals surface area contributed by atoms with Crippen LogP contribution in [-0.4, -0.2) is 55.2 Å². The summed E-state index contributed by atoms with van der Waals surface area (Å²) in [5.41, 5.74) is 0.997. The molecule has 0 aliphatic carbocycles. The molecule has 1 aliphatic heterocycles. The van der Waals surface area contributed by atoms with Crippen molar-refractivity contribution >= 4 is 26.7 Å². The van der Waals surface area contributed by atoms with E-state index in [0.717, 1.165) is 29.4 Å². The Kier molecular flexibility index (Phi) is 5.25. The van der Waals surface area contributed by atoms with Crippen molar-refractivity contribution in [3.63, 3.8) is 0 Å². The van der Waals surface area contributed by atoms with E-state index >= 15 is 0 Å². The minimum Gasteiger partial charge on any atom is -0.338 e. The lowest BCUT2D eigenvalue weighted by Gasteiger charge is -2.39. The van der Waals surface area contributed by atoms with Gasteiger partial charge < -0.3 is 4.90 Å². The van der Waals surface area contributed by atoms with Crippen LogP contribution in [0.3, 0.4) is 0 Å². The fraction of sp³-hybridized carbons (Fsp3) is 0.300. The third kappa shape index (κ3) is 4.14. The van der Waals surface area contributed by atoms with Gasteiger partial charge in [0.1, 0.15) is 0 Å². The van der Waals surface area contributed by atoms with Gasteiger partial charge in [-0.2, -0.15) is 0 Å². The monoisotopic (exact) mass is 397 g/mol. The van der Waals surface area contributed by atoms with Crippen LogP contribution >= 0.6 is 0 Å². The Balaban J connectivity index is 1.62. The molecule has 28 heavy (non-hydrogen) atoms. The summed E-state index contributed by atoms with van der Waals surface area (Å²) < 4.78 is 24.0. The molecule has 2 heterocycles. The first-order valence-corrected chi connectivity index (χ1v) is 11.0. The normalized spacial score (nSPS) is 17.0. The molecule has 0 saturated carbocycles. The summed E-state index contributed by atoms with van der Waals surface area (Å²) in [6.45, 7) is 2.88. The van der Waals surface area contributed by atoms with Gasteiger partial charge >= 0.3 is 0 Å². The van der Waals surface area contributed by atoms with E-state index in [4.69, 9.17) is 5.14 Å². The maximum absolute atomic E-state index is 12.0. The Labute approximate surface area is 164 Å². The summed E-state index contributed by atoms with van der Waals surface area (Å²) in [7, 11) is -3.64. The Bertz CT molecular complexity index is 1050. The molecule has 1 saturated heterocycles. The summed E-state index contributed by atoms with van der Waals surface area (Å²) in [5.74, 6) is 0.596. The van der Waals surface area contributed by atoms with Crippen LogP contribution in [0.15, 0.2) is 60.9 Å². The van der Waals surface area contributed by atoms with E-state index in [9.17, 15) is 8.42 Å². The number of rotatable bonds is 5. The molecule has 8 heteroatoms. The minimum absolute atomic E-state index is 0.108. The highest BCUT2D eigenvalue weighted by molar-refractivity contribution is 7.89.